The van der Waals surface area contributed by atoms with E-state index in [2.05, 4.69) is 20.8 Å². The summed E-state index contributed by atoms with van der Waals surface area (Å²) in [5, 5.41) is 21.2. The molecule has 0 aromatic heterocycles. The van der Waals surface area contributed by atoms with Crippen LogP contribution < -0.4 is 0 Å². The molecule has 2 heteroatoms. The van der Waals surface area contributed by atoms with E-state index in [1.54, 1.807) is 0 Å². The van der Waals surface area contributed by atoms with Gasteiger partial charge in [-0.05, 0) is 61.2 Å². The molecule has 0 saturated heterocycles. The number of aliphatic hydroxyl groups excluding tert-OH is 1. The molecule has 0 radical (unpaired) electrons. The average molecular weight is 238 g/mol. The first-order valence-electron chi connectivity index (χ1n) is 7.17. The number of aliphatic hydroxyl groups is 2. The van der Waals surface area contributed by atoms with Crippen LogP contribution in [0.1, 0.15) is 59.3 Å². The molecule has 3 aliphatic rings. The topological polar surface area (TPSA) is 40.5 Å². The molecule has 3 saturated carbocycles. The summed E-state index contributed by atoms with van der Waals surface area (Å²) < 4.78 is 0. The van der Waals surface area contributed by atoms with Crippen LogP contribution in [0.2, 0.25) is 0 Å². The first-order chi connectivity index (χ1) is 7.77. The van der Waals surface area contributed by atoms with E-state index in [9.17, 15) is 10.2 Å². The monoisotopic (exact) mass is 238 g/mol. The Balaban J connectivity index is 1.93. The van der Waals surface area contributed by atoms with Crippen LogP contribution in [0.3, 0.4) is 0 Å². The zero-order chi connectivity index (χ0) is 12.5. The van der Waals surface area contributed by atoms with Crippen LogP contribution in [-0.4, -0.2) is 21.9 Å². The molecule has 0 spiro atoms. The highest BCUT2D eigenvalue weighted by Gasteiger charge is 2.61. The lowest BCUT2D eigenvalue weighted by Crippen LogP contribution is -2.57. The molecule has 3 rings (SSSR count). The van der Waals surface area contributed by atoms with Crippen molar-refractivity contribution in [1.82, 2.24) is 0 Å². The molecular weight excluding hydrogens is 212 g/mol. The van der Waals surface area contributed by atoms with E-state index >= 15 is 0 Å². The van der Waals surface area contributed by atoms with Gasteiger partial charge in [0.2, 0.25) is 0 Å². The van der Waals surface area contributed by atoms with Crippen LogP contribution in [0.25, 0.3) is 0 Å². The highest BCUT2D eigenvalue weighted by Crippen LogP contribution is 2.64. The van der Waals surface area contributed by atoms with Gasteiger partial charge >= 0.3 is 0 Å². The van der Waals surface area contributed by atoms with Crippen molar-refractivity contribution in [3.05, 3.63) is 0 Å². The first-order valence-corrected chi connectivity index (χ1v) is 7.17. The minimum Gasteiger partial charge on any atom is -0.393 e. The summed E-state index contributed by atoms with van der Waals surface area (Å²) >= 11 is 0. The molecule has 2 nitrogen and oxygen atoms in total. The SMILES string of the molecule is CC1(C)C[C@@H]2C1CC[C@@]1(C)C[C@@]2(O)CC[C@H]1O. The van der Waals surface area contributed by atoms with Crippen molar-refractivity contribution < 1.29 is 10.2 Å². The van der Waals surface area contributed by atoms with Crippen molar-refractivity contribution in [2.24, 2.45) is 22.7 Å². The maximum Gasteiger partial charge on any atom is 0.0686 e. The molecule has 3 aliphatic carbocycles. The zero-order valence-electron chi connectivity index (χ0n) is 11.4. The van der Waals surface area contributed by atoms with E-state index in [4.69, 9.17) is 0 Å². The van der Waals surface area contributed by atoms with E-state index in [0.29, 0.717) is 17.3 Å². The molecule has 2 N–H and O–H groups in total. The Labute approximate surface area is 104 Å². The van der Waals surface area contributed by atoms with Crippen LogP contribution in [0.4, 0.5) is 0 Å². The van der Waals surface area contributed by atoms with Crippen molar-refractivity contribution in [3.63, 3.8) is 0 Å². The molecule has 0 aliphatic heterocycles. The molecule has 0 heterocycles. The Morgan fingerprint density at radius 1 is 1.00 bits per heavy atom. The minimum absolute atomic E-state index is 0.0413. The summed E-state index contributed by atoms with van der Waals surface area (Å²) in [6, 6.07) is 0. The van der Waals surface area contributed by atoms with E-state index in [-0.39, 0.29) is 11.5 Å². The van der Waals surface area contributed by atoms with E-state index in [1.165, 1.54) is 12.8 Å². The fraction of sp³-hybridized carbons (Fsp3) is 1.00. The third kappa shape index (κ3) is 1.53. The zero-order valence-corrected chi connectivity index (χ0v) is 11.4. The van der Waals surface area contributed by atoms with Gasteiger partial charge in [-0.2, -0.15) is 0 Å². The third-order valence-corrected chi connectivity index (χ3v) is 6.32. The van der Waals surface area contributed by atoms with Crippen LogP contribution in [-0.2, 0) is 0 Å². The largest absolute Gasteiger partial charge is 0.393 e. The summed E-state index contributed by atoms with van der Waals surface area (Å²) in [5.74, 6) is 1.16. The second-order valence-corrected chi connectivity index (χ2v) is 7.93. The minimum atomic E-state index is -0.481. The number of hydrogen-bond donors (Lipinski definition) is 2. The number of hydrogen-bond acceptors (Lipinski definition) is 2. The first kappa shape index (κ1) is 12.0. The van der Waals surface area contributed by atoms with Crippen molar-refractivity contribution >= 4 is 0 Å². The average Bonchev–Trinajstić information content (AvgIpc) is 2.28. The van der Waals surface area contributed by atoms with E-state index in [1.807, 2.05) is 0 Å². The fourth-order valence-electron chi connectivity index (χ4n) is 5.10. The second-order valence-electron chi connectivity index (χ2n) is 7.93. The molecule has 0 aromatic carbocycles. The van der Waals surface area contributed by atoms with Crippen molar-refractivity contribution in [2.45, 2.75) is 71.0 Å². The molecule has 2 bridgehead atoms. The molecular formula is C15H26O2. The van der Waals surface area contributed by atoms with E-state index in [0.717, 1.165) is 25.7 Å². The van der Waals surface area contributed by atoms with Gasteiger partial charge < -0.3 is 10.2 Å². The molecule has 0 amide bonds. The van der Waals surface area contributed by atoms with Crippen molar-refractivity contribution in [1.29, 1.82) is 0 Å². The smallest absolute Gasteiger partial charge is 0.0686 e. The lowest BCUT2D eigenvalue weighted by Gasteiger charge is -2.58. The summed E-state index contributed by atoms with van der Waals surface area (Å²) in [4.78, 5) is 0. The quantitative estimate of drug-likeness (QED) is 0.681. The Kier molecular flexibility index (Phi) is 2.30. The van der Waals surface area contributed by atoms with Crippen molar-refractivity contribution in [2.75, 3.05) is 0 Å². The maximum absolute atomic E-state index is 11.0. The summed E-state index contributed by atoms with van der Waals surface area (Å²) in [6.07, 6.45) is 5.65. The number of rotatable bonds is 0. The molecule has 0 aromatic rings. The lowest BCUT2D eigenvalue weighted by molar-refractivity contribution is -0.176. The fourth-order valence-corrected chi connectivity index (χ4v) is 5.10. The Hall–Kier alpha value is -0.0800. The summed E-state index contributed by atoms with van der Waals surface area (Å²) in [6.45, 7) is 6.86. The molecule has 17 heavy (non-hydrogen) atoms. The predicted molar refractivity (Wildman–Crippen MR) is 67.5 cm³/mol. The van der Waals surface area contributed by atoms with Gasteiger partial charge in [-0.1, -0.05) is 20.8 Å². The van der Waals surface area contributed by atoms with Gasteiger partial charge in [0.1, 0.15) is 0 Å². The highest BCUT2D eigenvalue weighted by molar-refractivity contribution is 5.12. The lowest BCUT2D eigenvalue weighted by atomic mass is 9.49. The van der Waals surface area contributed by atoms with Gasteiger partial charge in [0.05, 0.1) is 11.7 Å². The van der Waals surface area contributed by atoms with Crippen LogP contribution in [0.5, 0.6) is 0 Å². The Bertz CT molecular complexity index is 338. The van der Waals surface area contributed by atoms with Gasteiger partial charge in [-0.3, -0.25) is 0 Å². The van der Waals surface area contributed by atoms with Crippen molar-refractivity contribution in [3.8, 4) is 0 Å². The maximum atomic E-state index is 11.0. The summed E-state index contributed by atoms with van der Waals surface area (Å²) in [5.41, 5.74) is -0.121. The predicted octanol–water partition coefficient (Wildman–Crippen LogP) is 2.72. The highest BCUT2D eigenvalue weighted by atomic mass is 16.3. The molecule has 3 fully saturated rings. The Morgan fingerprint density at radius 2 is 1.71 bits per heavy atom. The van der Waals surface area contributed by atoms with Gasteiger partial charge in [-0.15, -0.1) is 0 Å². The Morgan fingerprint density at radius 3 is 2.35 bits per heavy atom. The molecule has 98 valence electrons. The second kappa shape index (κ2) is 3.27. The van der Waals surface area contributed by atoms with Gasteiger partial charge in [0.15, 0.2) is 0 Å². The molecule has 1 unspecified atom stereocenters. The normalized spacial score (nSPS) is 56.6. The number of fused-ring (bicyclic) bond motifs is 4. The van der Waals surface area contributed by atoms with Gasteiger partial charge in [-0.25, -0.2) is 0 Å². The van der Waals surface area contributed by atoms with Gasteiger partial charge in [0.25, 0.3) is 0 Å². The third-order valence-electron chi connectivity index (χ3n) is 6.32. The van der Waals surface area contributed by atoms with Crippen LogP contribution in [0.15, 0.2) is 0 Å². The standard InChI is InChI=1S/C15H26O2/c1-13(2)8-11-10(13)4-6-14(3)9-15(11,17)7-5-12(14)16/h10-12,16-17H,4-9H2,1-3H3/t10?,11-,12-,14+,15+/m1/s1. The van der Waals surface area contributed by atoms with Gasteiger partial charge in [0, 0.05) is 0 Å². The summed E-state index contributed by atoms with van der Waals surface area (Å²) in [7, 11) is 0. The van der Waals surface area contributed by atoms with Crippen LogP contribution >= 0.6 is 0 Å². The molecule has 5 atom stereocenters. The van der Waals surface area contributed by atoms with E-state index < -0.39 is 5.60 Å². The van der Waals surface area contributed by atoms with Crippen LogP contribution in [0, 0.1) is 22.7 Å².